The molecular formula is C16H17FO4. The monoisotopic (exact) mass is 292 g/mol. The first-order valence-electron chi connectivity index (χ1n) is 6.42. The summed E-state index contributed by atoms with van der Waals surface area (Å²) in [4.78, 5) is 0. The summed E-state index contributed by atoms with van der Waals surface area (Å²) in [5, 5.41) is 9.42. The summed E-state index contributed by atoms with van der Waals surface area (Å²) >= 11 is 0. The molecule has 0 spiro atoms. The number of ether oxygens (including phenoxy) is 3. The molecule has 0 aliphatic carbocycles. The van der Waals surface area contributed by atoms with Gasteiger partial charge in [-0.2, -0.15) is 0 Å². The fourth-order valence-electron chi connectivity index (χ4n) is 1.83. The number of methoxy groups -OCH3 is 2. The van der Waals surface area contributed by atoms with E-state index < -0.39 is 11.9 Å². The van der Waals surface area contributed by atoms with Crippen molar-refractivity contribution in [3.63, 3.8) is 0 Å². The van der Waals surface area contributed by atoms with E-state index in [9.17, 15) is 9.50 Å². The van der Waals surface area contributed by atoms with Crippen LogP contribution in [0.3, 0.4) is 0 Å². The van der Waals surface area contributed by atoms with E-state index in [1.54, 1.807) is 31.2 Å². The smallest absolute Gasteiger partial charge is 0.166 e. The van der Waals surface area contributed by atoms with Gasteiger partial charge < -0.3 is 19.3 Å². The molecule has 0 heterocycles. The first kappa shape index (κ1) is 15.1. The lowest BCUT2D eigenvalue weighted by molar-refractivity contribution is 0.198. The van der Waals surface area contributed by atoms with Crippen molar-refractivity contribution in [1.82, 2.24) is 0 Å². The van der Waals surface area contributed by atoms with Gasteiger partial charge in [-0.15, -0.1) is 0 Å². The molecule has 0 unspecified atom stereocenters. The Morgan fingerprint density at radius 3 is 2.00 bits per heavy atom. The highest BCUT2D eigenvalue weighted by Gasteiger charge is 2.10. The zero-order chi connectivity index (χ0) is 15.4. The van der Waals surface area contributed by atoms with Gasteiger partial charge in [0.05, 0.1) is 20.3 Å². The molecule has 5 heteroatoms. The van der Waals surface area contributed by atoms with Crippen LogP contribution in [0.2, 0.25) is 0 Å². The molecule has 1 atom stereocenters. The van der Waals surface area contributed by atoms with E-state index >= 15 is 0 Å². The van der Waals surface area contributed by atoms with Gasteiger partial charge in [0.1, 0.15) is 17.2 Å². The Morgan fingerprint density at radius 1 is 0.952 bits per heavy atom. The minimum atomic E-state index is -0.731. The Bertz CT molecular complexity index is 603. The largest absolute Gasteiger partial charge is 0.496 e. The molecular weight excluding hydrogens is 275 g/mol. The zero-order valence-corrected chi connectivity index (χ0v) is 12.1. The fraction of sp³-hybridized carbons (Fsp3) is 0.250. The standard InChI is InChI=1S/C16H17FO4/c1-10(18)11-4-5-16(15(17)6-11)21-14-8-12(19-2)7-13(9-14)20-3/h4-10,18H,1-3H3/t10-/m0/s1. The van der Waals surface area contributed by atoms with Crippen LogP contribution in [-0.4, -0.2) is 19.3 Å². The second-order valence-corrected chi connectivity index (χ2v) is 4.52. The van der Waals surface area contributed by atoms with Crippen LogP contribution in [0.1, 0.15) is 18.6 Å². The summed E-state index contributed by atoms with van der Waals surface area (Å²) in [6.07, 6.45) is -0.731. The number of aliphatic hydroxyl groups is 1. The van der Waals surface area contributed by atoms with E-state index in [0.29, 0.717) is 22.8 Å². The highest BCUT2D eigenvalue weighted by atomic mass is 19.1. The molecule has 2 rings (SSSR count). The fourth-order valence-corrected chi connectivity index (χ4v) is 1.83. The van der Waals surface area contributed by atoms with E-state index in [2.05, 4.69) is 0 Å². The Balaban J connectivity index is 2.29. The van der Waals surface area contributed by atoms with Gasteiger partial charge in [-0.3, -0.25) is 0 Å². The molecule has 0 radical (unpaired) electrons. The van der Waals surface area contributed by atoms with Crippen molar-refractivity contribution in [2.24, 2.45) is 0 Å². The van der Waals surface area contributed by atoms with E-state index in [-0.39, 0.29) is 5.75 Å². The second kappa shape index (κ2) is 6.45. The van der Waals surface area contributed by atoms with E-state index in [1.165, 1.54) is 26.4 Å². The molecule has 0 fully saturated rings. The number of aliphatic hydroxyl groups excluding tert-OH is 1. The minimum Gasteiger partial charge on any atom is -0.496 e. The zero-order valence-electron chi connectivity index (χ0n) is 12.1. The Hall–Kier alpha value is -2.27. The van der Waals surface area contributed by atoms with Gasteiger partial charge in [-0.05, 0) is 24.6 Å². The van der Waals surface area contributed by atoms with Crippen LogP contribution < -0.4 is 14.2 Å². The molecule has 112 valence electrons. The first-order valence-corrected chi connectivity index (χ1v) is 6.42. The SMILES string of the molecule is COc1cc(OC)cc(Oc2ccc([C@H](C)O)cc2F)c1. The lowest BCUT2D eigenvalue weighted by Gasteiger charge is -2.12. The molecule has 0 aromatic heterocycles. The highest BCUT2D eigenvalue weighted by Crippen LogP contribution is 2.32. The maximum Gasteiger partial charge on any atom is 0.166 e. The van der Waals surface area contributed by atoms with Gasteiger partial charge in [0.2, 0.25) is 0 Å². The quantitative estimate of drug-likeness (QED) is 0.913. The van der Waals surface area contributed by atoms with Crippen molar-refractivity contribution in [3.8, 4) is 23.0 Å². The Kier molecular flexibility index (Phi) is 4.65. The third-order valence-corrected chi connectivity index (χ3v) is 2.99. The molecule has 0 aliphatic rings. The first-order chi connectivity index (χ1) is 10.0. The molecule has 0 aliphatic heterocycles. The van der Waals surface area contributed by atoms with Gasteiger partial charge >= 0.3 is 0 Å². The molecule has 0 bridgehead atoms. The number of halogens is 1. The molecule has 0 amide bonds. The average Bonchev–Trinajstić information content (AvgIpc) is 2.48. The van der Waals surface area contributed by atoms with Gasteiger partial charge in [-0.1, -0.05) is 6.07 Å². The van der Waals surface area contributed by atoms with Crippen molar-refractivity contribution in [1.29, 1.82) is 0 Å². The van der Waals surface area contributed by atoms with Crippen molar-refractivity contribution in [3.05, 3.63) is 47.8 Å². The Labute approximate surface area is 122 Å². The van der Waals surface area contributed by atoms with Crippen LogP contribution in [0.15, 0.2) is 36.4 Å². The summed E-state index contributed by atoms with van der Waals surface area (Å²) < 4.78 is 29.7. The van der Waals surface area contributed by atoms with Crippen molar-refractivity contribution in [2.75, 3.05) is 14.2 Å². The highest BCUT2D eigenvalue weighted by molar-refractivity contribution is 5.44. The third-order valence-electron chi connectivity index (χ3n) is 2.99. The van der Waals surface area contributed by atoms with Gasteiger partial charge in [0.15, 0.2) is 11.6 Å². The molecule has 1 N–H and O–H groups in total. The van der Waals surface area contributed by atoms with E-state index in [4.69, 9.17) is 14.2 Å². The summed E-state index contributed by atoms with van der Waals surface area (Å²) in [6.45, 7) is 1.57. The summed E-state index contributed by atoms with van der Waals surface area (Å²) in [6, 6.07) is 9.29. The molecule has 2 aromatic carbocycles. The second-order valence-electron chi connectivity index (χ2n) is 4.52. The lowest BCUT2D eigenvalue weighted by atomic mass is 10.1. The number of hydrogen-bond donors (Lipinski definition) is 1. The molecule has 21 heavy (non-hydrogen) atoms. The Morgan fingerprint density at radius 2 is 1.52 bits per heavy atom. The van der Waals surface area contributed by atoms with Gasteiger partial charge in [-0.25, -0.2) is 4.39 Å². The third kappa shape index (κ3) is 3.64. The predicted molar refractivity (Wildman–Crippen MR) is 76.7 cm³/mol. The van der Waals surface area contributed by atoms with E-state index in [0.717, 1.165) is 0 Å². The number of rotatable bonds is 5. The van der Waals surface area contributed by atoms with Crippen LogP contribution >= 0.6 is 0 Å². The van der Waals surface area contributed by atoms with Crippen LogP contribution in [-0.2, 0) is 0 Å². The summed E-state index contributed by atoms with van der Waals surface area (Å²) in [5.41, 5.74) is 0.489. The number of benzene rings is 2. The lowest BCUT2D eigenvalue weighted by Crippen LogP contribution is -1.95. The van der Waals surface area contributed by atoms with E-state index in [1.807, 2.05) is 0 Å². The topological polar surface area (TPSA) is 47.9 Å². The van der Waals surface area contributed by atoms with Gasteiger partial charge in [0.25, 0.3) is 0 Å². The van der Waals surface area contributed by atoms with Crippen LogP contribution in [0.25, 0.3) is 0 Å². The van der Waals surface area contributed by atoms with Crippen molar-refractivity contribution < 1.29 is 23.7 Å². The van der Waals surface area contributed by atoms with Crippen LogP contribution in [0.4, 0.5) is 4.39 Å². The maximum atomic E-state index is 14.0. The summed E-state index contributed by atoms with van der Waals surface area (Å²) in [7, 11) is 3.05. The molecule has 2 aromatic rings. The molecule has 0 saturated carbocycles. The molecule has 4 nitrogen and oxygen atoms in total. The normalized spacial score (nSPS) is 11.9. The van der Waals surface area contributed by atoms with Crippen molar-refractivity contribution in [2.45, 2.75) is 13.0 Å². The maximum absolute atomic E-state index is 14.0. The number of hydrogen-bond acceptors (Lipinski definition) is 4. The van der Waals surface area contributed by atoms with Crippen molar-refractivity contribution >= 4 is 0 Å². The minimum absolute atomic E-state index is 0.0645. The van der Waals surface area contributed by atoms with Crippen LogP contribution in [0.5, 0.6) is 23.0 Å². The summed E-state index contributed by atoms with van der Waals surface area (Å²) in [5.74, 6) is 1.01. The van der Waals surface area contributed by atoms with Gasteiger partial charge in [0, 0.05) is 18.2 Å². The average molecular weight is 292 g/mol. The molecule has 0 saturated heterocycles. The van der Waals surface area contributed by atoms with Crippen LogP contribution in [0, 0.1) is 5.82 Å². The predicted octanol–water partition coefficient (Wildman–Crippen LogP) is 3.69.